The molecule has 0 heterocycles. The fourth-order valence-corrected chi connectivity index (χ4v) is 4.64. The number of carbonyl (C=O) groups excluding carboxylic acids is 3. The molecule has 0 aromatic heterocycles. The van der Waals surface area contributed by atoms with Crippen LogP contribution in [-0.4, -0.2) is 17.6 Å². The van der Waals surface area contributed by atoms with E-state index >= 15 is 0 Å². The molecule has 2 N–H and O–H groups in total. The van der Waals surface area contributed by atoms with E-state index in [4.69, 9.17) is 0 Å². The van der Waals surface area contributed by atoms with Gasteiger partial charge in [0.1, 0.15) is 0 Å². The van der Waals surface area contributed by atoms with Crippen LogP contribution in [0.1, 0.15) is 50.7 Å². The maximum Gasteiger partial charge on any atom is 0.416 e. The predicted octanol–water partition coefficient (Wildman–Crippen LogP) is 7.94. The molecule has 0 atom stereocenters. The minimum atomic E-state index is -4.43. The summed E-state index contributed by atoms with van der Waals surface area (Å²) in [5.41, 5.74) is 8.15. The van der Waals surface area contributed by atoms with Crippen molar-refractivity contribution in [2.45, 2.75) is 46.7 Å². The van der Waals surface area contributed by atoms with Crippen LogP contribution in [0.5, 0.6) is 0 Å². The van der Waals surface area contributed by atoms with Crippen LogP contribution < -0.4 is 11.1 Å². The molecule has 0 bridgehead atoms. The quantitative estimate of drug-likeness (QED) is 0.118. The number of Topliss-reactive ketones (excluding diaryl/α,β-unsaturated/α-hetero) is 1. The molecule has 4 rings (SSSR count). The minimum absolute atomic E-state index is 0. The van der Waals surface area contributed by atoms with Crippen molar-refractivity contribution >= 4 is 17.6 Å². The van der Waals surface area contributed by atoms with Crippen molar-refractivity contribution in [2.75, 3.05) is 0 Å². The van der Waals surface area contributed by atoms with Gasteiger partial charge in [0, 0.05) is 81.0 Å². The summed E-state index contributed by atoms with van der Waals surface area (Å²) in [5.74, 6) is -1.50. The van der Waals surface area contributed by atoms with Crippen LogP contribution in [0.15, 0.2) is 78.9 Å². The number of amides is 2. The molecular formula is C34H31Ar2F5N2O3. The Labute approximate surface area is 324 Å². The molecule has 0 aliphatic heterocycles. The van der Waals surface area contributed by atoms with Crippen molar-refractivity contribution in [3.8, 4) is 22.3 Å². The number of alkyl halides is 3. The van der Waals surface area contributed by atoms with Gasteiger partial charge in [-0.2, -0.15) is 24.2 Å². The van der Waals surface area contributed by atoms with E-state index in [1.54, 1.807) is 44.2 Å². The van der Waals surface area contributed by atoms with E-state index in [0.29, 0.717) is 27.8 Å². The van der Waals surface area contributed by atoms with E-state index in [9.17, 15) is 36.5 Å². The second-order valence-corrected chi connectivity index (χ2v) is 10.4. The van der Waals surface area contributed by atoms with Crippen molar-refractivity contribution < 1.29 is 112 Å². The Hall–Kier alpha value is -2.34. The van der Waals surface area contributed by atoms with Gasteiger partial charge < -0.3 is 0 Å². The van der Waals surface area contributed by atoms with Crippen molar-refractivity contribution in [1.82, 2.24) is 11.1 Å². The van der Waals surface area contributed by atoms with E-state index in [1.807, 2.05) is 43.3 Å². The third-order valence-electron chi connectivity index (χ3n) is 6.97. The normalized spacial score (nSPS) is 10.4. The Morgan fingerprint density at radius 3 is 1.65 bits per heavy atom. The fraction of sp³-hybridized carbons (Fsp3) is 0.206. The summed E-state index contributed by atoms with van der Waals surface area (Å²) >= 11 is 0. The summed E-state index contributed by atoms with van der Waals surface area (Å²) < 4.78 is 63.1. The number of nitrogens with one attached hydrogen (secondary N) is 2. The van der Waals surface area contributed by atoms with Crippen LogP contribution in [0.25, 0.3) is 22.3 Å². The molecule has 0 unspecified atom stereocenters. The number of hydrogen-bond acceptors (Lipinski definition) is 3. The van der Waals surface area contributed by atoms with Gasteiger partial charge in [-0.15, -0.1) is 8.96 Å². The summed E-state index contributed by atoms with van der Waals surface area (Å²) in [4.78, 5) is 34.1. The average molecular weight is 691 g/mol. The predicted molar refractivity (Wildman–Crippen MR) is 159 cm³/mol. The van der Waals surface area contributed by atoms with Crippen LogP contribution >= 0.6 is 0 Å². The first-order chi connectivity index (χ1) is 20.7. The SMILES string of the molecule is CC(=O)c1ccccc1-c1ccc(C)c(CC(=O)NF)c1.Cc1cc(-c2ccc(C)c(CC(=O)NF)c2)cc(C(F)(F)F)c1.[Ar].[Ar]. The summed E-state index contributed by atoms with van der Waals surface area (Å²) in [6.45, 7) is 6.72. The Morgan fingerprint density at radius 1 is 0.652 bits per heavy atom. The summed E-state index contributed by atoms with van der Waals surface area (Å²) in [6, 6.07) is 21.7. The van der Waals surface area contributed by atoms with Gasteiger partial charge in [-0.25, -0.2) is 0 Å². The standard InChI is InChI=1S/C17H15F4NO.C17H16FNO2.2Ar/c1-10-5-14(8-15(6-10)17(18,19)20)12-4-3-11(2)13(7-12)9-16(23)22-21;1-11-7-8-13(9-14(11)10-17(21)19-18)16-6-4-3-5-15(16)12(2)20;;/h3-8H,9H2,1-2H3,(H,22,23);3-9H,10H2,1-2H3,(H,19,21);;. The second kappa shape index (κ2) is 18.9. The smallest absolute Gasteiger partial charge is 0.294 e. The van der Waals surface area contributed by atoms with Crippen LogP contribution in [0.4, 0.5) is 22.1 Å². The first-order valence-corrected chi connectivity index (χ1v) is 13.5. The van der Waals surface area contributed by atoms with E-state index in [1.165, 1.54) is 6.92 Å². The number of hydrogen-bond donors (Lipinski definition) is 2. The third-order valence-corrected chi connectivity index (χ3v) is 6.97. The molecule has 5 nitrogen and oxygen atoms in total. The van der Waals surface area contributed by atoms with Gasteiger partial charge >= 0.3 is 6.18 Å². The van der Waals surface area contributed by atoms with Gasteiger partial charge in [-0.05, 0) is 89.9 Å². The molecule has 0 saturated carbocycles. The molecule has 4 aromatic carbocycles. The van der Waals surface area contributed by atoms with Crippen molar-refractivity contribution in [3.63, 3.8) is 0 Å². The second-order valence-electron chi connectivity index (χ2n) is 10.4. The first-order valence-electron chi connectivity index (χ1n) is 13.5. The number of carbonyl (C=O) groups is 3. The van der Waals surface area contributed by atoms with E-state index in [-0.39, 0.29) is 94.1 Å². The fourth-order valence-electron chi connectivity index (χ4n) is 4.64. The number of halogens is 5. The maximum absolute atomic E-state index is 12.9. The minimum Gasteiger partial charge on any atom is -0.294 e. The Kier molecular flexibility index (Phi) is 17.1. The van der Waals surface area contributed by atoms with Gasteiger partial charge in [0.15, 0.2) is 5.78 Å². The van der Waals surface area contributed by atoms with Gasteiger partial charge in [-0.3, -0.25) is 14.4 Å². The molecule has 0 saturated heterocycles. The molecule has 0 spiro atoms. The average Bonchev–Trinajstić information content (AvgIpc) is 2.98. The van der Waals surface area contributed by atoms with Crippen LogP contribution in [0.3, 0.4) is 0 Å². The Morgan fingerprint density at radius 2 is 1.15 bits per heavy atom. The summed E-state index contributed by atoms with van der Waals surface area (Å²) in [7, 11) is 0. The monoisotopic (exact) mass is 690 g/mol. The van der Waals surface area contributed by atoms with Crippen LogP contribution in [0, 0.1) is 96.2 Å². The zero-order valence-electron chi connectivity index (χ0n) is 25.2. The molecule has 46 heavy (non-hydrogen) atoms. The molecule has 4 aromatic rings. The molecular weight excluding hydrogens is 659 g/mol. The van der Waals surface area contributed by atoms with Crippen molar-refractivity contribution in [3.05, 3.63) is 118 Å². The summed E-state index contributed by atoms with van der Waals surface area (Å²) in [6.07, 6.45) is -4.63. The third kappa shape index (κ3) is 11.7. The van der Waals surface area contributed by atoms with Gasteiger partial charge in [0.25, 0.3) is 11.8 Å². The number of rotatable bonds is 7. The first kappa shape index (κ1) is 41.7. The maximum atomic E-state index is 12.9. The van der Waals surface area contributed by atoms with E-state index in [0.717, 1.165) is 51.0 Å². The number of aryl methyl sites for hydroxylation is 3. The van der Waals surface area contributed by atoms with Crippen molar-refractivity contribution in [2.24, 2.45) is 0 Å². The van der Waals surface area contributed by atoms with Gasteiger partial charge in [-0.1, -0.05) is 66.7 Å². The Balaban J connectivity index is 0.000000442. The summed E-state index contributed by atoms with van der Waals surface area (Å²) in [5, 5.41) is 0. The molecule has 0 radical (unpaired) electrons. The van der Waals surface area contributed by atoms with E-state index in [2.05, 4.69) is 0 Å². The Bertz CT molecular complexity index is 1690. The number of benzene rings is 4. The van der Waals surface area contributed by atoms with Crippen LogP contribution in [0.2, 0.25) is 0 Å². The molecule has 0 fully saturated rings. The van der Waals surface area contributed by atoms with Crippen LogP contribution in [-0.2, 0) is 28.6 Å². The number of ketones is 1. The largest absolute Gasteiger partial charge is 0.416 e. The molecule has 2 amide bonds. The molecule has 0 aliphatic carbocycles. The molecule has 0 aliphatic rings. The zero-order chi connectivity index (χ0) is 32.6. The van der Waals surface area contributed by atoms with Crippen molar-refractivity contribution in [1.29, 1.82) is 0 Å². The zero-order valence-corrected chi connectivity index (χ0v) is 26.7. The topological polar surface area (TPSA) is 75.3 Å². The van der Waals surface area contributed by atoms with Gasteiger partial charge in [0.2, 0.25) is 0 Å². The molecule has 12 heteroatoms. The van der Waals surface area contributed by atoms with Gasteiger partial charge in [0.05, 0.1) is 18.4 Å². The van der Waals surface area contributed by atoms with E-state index < -0.39 is 23.6 Å². The molecule has 246 valence electrons.